The molecule has 22 heavy (non-hydrogen) atoms. The molecule has 0 heterocycles. The number of halogens is 1. The van der Waals surface area contributed by atoms with Crippen molar-refractivity contribution in [2.45, 2.75) is 6.92 Å². The van der Waals surface area contributed by atoms with Crippen molar-refractivity contribution >= 4 is 29.3 Å². The lowest BCUT2D eigenvalue weighted by Crippen LogP contribution is -2.07. The van der Waals surface area contributed by atoms with E-state index in [1.807, 2.05) is 13.0 Å². The van der Waals surface area contributed by atoms with Gasteiger partial charge in [-0.3, -0.25) is 4.79 Å². The minimum atomic E-state index is -0.271. The SMILES string of the molecule is COc1cc(/C=C/C(=O)Nc2ccc(C)c(Cl)c2)ccc1O. The molecule has 114 valence electrons. The van der Waals surface area contributed by atoms with E-state index in [4.69, 9.17) is 16.3 Å². The van der Waals surface area contributed by atoms with E-state index in [2.05, 4.69) is 5.32 Å². The summed E-state index contributed by atoms with van der Waals surface area (Å²) in [5, 5.41) is 12.8. The molecule has 5 heteroatoms. The number of phenols is 1. The second-order valence-corrected chi connectivity index (χ2v) is 5.13. The molecule has 0 aromatic heterocycles. The third-order valence-corrected chi connectivity index (χ3v) is 3.48. The van der Waals surface area contributed by atoms with Crippen molar-refractivity contribution < 1.29 is 14.6 Å². The molecule has 0 aliphatic carbocycles. The smallest absolute Gasteiger partial charge is 0.248 e. The summed E-state index contributed by atoms with van der Waals surface area (Å²) in [5.74, 6) is 0.137. The molecule has 0 unspecified atom stereocenters. The van der Waals surface area contributed by atoms with Crippen LogP contribution in [0.2, 0.25) is 5.02 Å². The molecule has 0 aliphatic rings. The largest absolute Gasteiger partial charge is 0.504 e. The molecular formula is C17H16ClNO3. The second kappa shape index (κ2) is 7.00. The number of benzene rings is 2. The molecule has 0 saturated heterocycles. The van der Waals surface area contributed by atoms with Gasteiger partial charge in [0.05, 0.1) is 7.11 Å². The summed E-state index contributed by atoms with van der Waals surface area (Å²) in [6.45, 7) is 1.89. The highest BCUT2D eigenvalue weighted by molar-refractivity contribution is 6.31. The van der Waals surface area contributed by atoms with Crippen LogP contribution in [0, 0.1) is 6.92 Å². The van der Waals surface area contributed by atoms with Crippen molar-refractivity contribution in [3.8, 4) is 11.5 Å². The molecule has 0 saturated carbocycles. The summed E-state index contributed by atoms with van der Waals surface area (Å²) in [6.07, 6.45) is 3.03. The monoisotopic (exact) mass is 317 g/mol. The van der Waals surface area contributed by atoms with Gasteiger partial charge in [-0.05, 0) is 48.4 Å². The summed E-state index contributed by atoms with van der Waals surface area (Å²) < 4.78 is 5.01. The van der Waals surface area contributed by atoms with Gasteiger partial charge in [0.1, 0.15) is 0 Å². The van der Waals surface area contributed by atoms with E-state index < -0.39 is 0 Å². The third-order valence-electron chi connectivity index (χ3n) is 3.07. The zero-order valence-electron chi connectivity index (χ0n) is 12.3. The van der Waals surface area contributed by atoms with Crippen LogP contribution < -0.4 is 10.1 Å². The molecule has 2 N–H and O–H groups in total. The molecular weight excluding hydrogens is 302 g/mol. The number of phenolic OH excluding ortho intramolecular Hbond substituents is 1. The fourth-order valence-electron chi connectivity index (χ4n) is 1.82. The Kier molecular flexibility index (Phi) is 5.07. The van der Waals surface area contributed by atoms with Crippen LogP contribution in [0.1, 0.15) is 11.1 Å². The van der Waals surface area contributed by atoms with Crippen LogP contribution in [0.4, 0.5) is 5.69 Å². The maximum Gasteiger partial charge on any atom is 0.248 e. The fraction of sp³-hybridized carbons (Fsp3) is 0.118. The highest BCUT2D eigenvalue weighted by atomic mass is 35.5. The lowest BCUT2D eigenvalue weighted by molar-refractivity contribution is -0.111. The van der Waals surface area contributed by atoms with Crippen molar-refractivity contribution in [1.82, 2.24) is 0 Å². The Morgan fingerprint density at radius 3 is 2.73 bits per heavy atom. The van der Waals surface area contributed by atoms with E-state index in [1.54, 1.807) is 30.3 Å². The van der Waals surface area contributed by atoms with E-state index in [9.17, 15) is 9.90 Å². The molecule has 0 fully saturated rings. The van der Waals surface area contributed by atoms with Gasteiger partial charge in [0, 0.05) is 16.8 Å². The number of methoxy groups -OCH3 is 1. The number of aryl methyl sites for hydroxylation is 1. The number of rotatable bonds is 4. The number of carbonyl (C=O) groups excluding carboxylic acids is 1. The Bertz CT molecular complexity index is 726. The maximum absolute atomic E-state index is 11.9. The fourth-order valence-corrected chi connectivity index (χ4v) is 2.00. The van der Waals surface area contributed by atoms with Crippen molar-refractivity contribution in [3.05, 3.63) is 58.6 Å². The second-order valence-electron chi connectivity index (χ2n) is 4.72. The molecule has 1 amide bonds. The van der Waals surface area contributed by atoms with Gasteiger partial charge < -0.3 is 15.2 Å². The molecule has 0 bridgehead atoms. The number of ether oxygens (including phenoxy) is 1. The predicted octanol–water partition coefficient (Wildman–Crippen LogP) is 4.01. The first-order valence-corrected chi connectivity index (χ1v) is 6.99. The Labute approximate surface area is 134 Å². The number of carbonyl (C=O) groups is 1. The minimum absolute atomic E-state index is 0.0541. The summed E-state index contributed by atoms with van der Waals surface area (Å²) >= 11 is 6.01. The lowest BCUT2D eigenvalue weighted by Gasteiger charge is -2.05. The first kappa shape index (κ1) is 15.9. The molecule has 0 aliphatic heterocycles. The zero-order chi connectivity index (χ0) is 16.1. The number of hydrogen-bond donors (Lipinski definition) is 2. The van der Waals surface area contributed by atoms with Gasteiger partial charge in [0.25, 0.3) is 0 Å². The van der Waals surface area contributed by atoms with Crippen LogP contribution in [0.3, 0.4) is 0 Å². The summed E-state index contributed by atoms with van der Waals surface area (Å²) in [4.78, 5) is 11.9. The standard InChI is InChI=1S/C17H16ClNO3/c1-11-3-6-13(10-14(11)18)19-17(21)8-5-12-4-7-15(20)16(9-12)22-2/h3-10,20H,1-2H3,(H,19,21)/b8-5+. The van der Waals surface area contributed by atoms with Gasteiger partial charge in [-0.1, -0.05) is 23.7 Å². The number of anilines is 1. The predicted molar refractivity (Wildman–Crippen MR) is 88.5 cm³/mol. The normalized spacial score (nSPS) is 10.7. The van der Waals surface area contributed by atoms with Gasteiger partial charge in [0.2, 0.25) is 5.91 Å². The van der Waals surface area contributed by atoms with E-state index in [1.165, 1.54) is 19.3 Å². The molecule has 2 aromatic carbocycles. The molecule has 0 spiro atoms. The first-order chi connectivity index (χ1) is 10.5. The highest BCUT2D eigenvalue weighted by Crippen LogP contribution is 2.26. The van der Waals surface area contributed by atoms with Crippen LogP contribution in [0.5, 0.6) is 11.5 Å². The number of amides is 1. The van der Waals surface area contributed by atoms with E-state index in [-0.39, 0.29) is 11.7 Å². The number of nitrogens with one attached hydrogen (secondary N) is 1. The topological polar surface area (TPSA) is 58.6 Å². The Hall–Kier alpha value is -2.46. The van der Waals surface area contributed by atoms with Crippen LogP contribution in [0.15, 0.2) is 42.5 Å². The first-order valence-electron chi connectivity index (χ1n) is 6.62. The van der Waals surface area contributed by atoms with Gasteiger partial charge >= 0.3 is 0 Å². The average Bonchev–Trinajstić information content (AvgIpc) is 2.50. The highest BCUT2D eigenvalue weighted by Gasteiger charge is 2.03. The van der Waals surface area contributed by atoms with Crippen LogP contribution in [-0.4, -0.2) is 18.1 Å². The number of aromatic hydroxyl groups is 1. The van der Waals surface area contributed by atoms with Crippen LogP contribution >= 0.6 is 11.6 Å². The third kappa shape index (κ3) is 4.02. The summed E-state index contributed by atoms with van der Waals surface area (Å²) in [6, 6.07) is 10.2. The quantitative estimate of drug-likeness (QED) is 0.837. The van der Waals surface area contributed by atoms with E-state index >= 15 is 0 Å². The Morgan fingerprint density at radius 1 is 1.27 bits per heavy atom. The zero-order valence-corrected chi connectivity index (χ0v) is 13.0. The van der Waals surface area contributed by atoms with Crippen LogP contribution in [-0.2, 0) is 4.79 Å². The Balaban J connectivity index is 2.06. The lowest BCUT2D eigenvalue weighted by atomic mass is 10.2. The van der Waals surface area contributed by atoms with Crippen molar-refractivity contribution in [1.29, 1.82) is 0 Å². The van der Waals surface area contributed by atoms with Gasteiger partial charge in [-0.25, -0.2) is 0 Å². The summed E-state index contributed by atoms with van der Waals surface area (Å²) in [5.41, 5.74) is 2.33. The van der Waals surface area contributed by atoms with E-state index in [0.717, 1.165) is 11.1 Å². The molecule has 0 atom stereocenters. The number of hydrogen-bond acceptors (Lipinski definition) is 3. The van der Waals surface area contributed by atoms with Crippen molar-refractivity contribution in [3.63, 3.8) is 0 Å². The van der Waals surface area contributed by atoms with Crippen molar-refractivity contribution in [2.75, 3.05) is 12.4 Å². The average molecular weight is 318 g/mol. The maximum atomic E-state index is 11.9. The van der Waals surface area contributed by atoms with Crippen molar-refractivity contribution in [2.24, 2.45) is 0 Å². The minimum Gasteiger partial charge on any atom is -0.504 e. The van der Waals surface area contributed by atoms with Crippen LogP contribution in [0.25, 0.3) is 6.08 Å². The molecule has 2 aromatic rings. The molecule has 4 nitrogen and oxygen atoms in total. The van der Waals surface area contributed by atoms with E-state index in [0.29, 0.717) is 16.5 Å². The summed E-state index contributed by atoms with van der Waals surface area (Å²) in [7, 11) is 1.47. The Morgan fingerprint density at radius 2 is 2.05 bits per heavy atom. The molecule has 0 radical (unpaired) electrons. The van der Waals surface area contributed by atoms with Gasteiger partial charge in [0.15, 0.2) is 11.5 Å². The molecule has 2 rings (SSSR count). The van der Waals surface area contributed by atoms with Gasteiger partial charge in [-0.15, -0.1) is 0 Å². The van der Waals surface area contributed by atoms with Gasteiger partial charge in [-0.2, -0.15) is 0 Å².